The summed E-state index contributed by atoms with van der Waals surface area (Å²) in [6.07, 6.45) is 1.11. The van der Waals surface area contributed by atoms with Gasteiger partial charge in [0.15, 0.2) is 0 Å². The van der Waals surface area contributed by atoms with Crippen LogP contribution in [-0.4, -0.2) is 9.68 Å². The first-order valence-electron chi connectivity index (χ1n) is 3.65. The normalized spacial score (nSPS) is 11.0. The van der Waals surface area contributed by atoms with Crippen molar-refractivity contribution >= 4 is 14.9 Å². The van der Waals surface area contributed by atoms with Crippen molar-refractivity contribution in [3.63, 3.8) is 0 Å². The van der Waals surface area contributed by atoms with E-state index in [0.717, 1.165) is 6.42 Å². The lowest BCUT2D eigenvalue weighted by Crippen LogP contribution is -2.26. The largest absolute Gasteiger partial charge is 0.352 e. The van der Waals surface area contributed by atoms with Crippen LogP contribution in [0.15, 0.2) is 24.3 Å². The highest BCUT2D eigenvalue weighted by atomic mass is 28.2. The minimum atomic E-state index is -0.449. The Bertz CT molecular complexity index is 187. The monoisotopic (exact) mass is 151 g/mol. The van der Waals surface area contributed by atoms with Gasteiger partial charge in [0.25, 0.3) is 0 Å². The predicted octanol–water partition coefficient (Wildman–Crippen LogP) is -0.0832. The van der Waals surface area contributed by atoms with Crippen LogP contribution in [-0.2, 0) is 6.42 Å². The van der Waals surface area contributed by atoms with Crippen LogP contribution in [0.2, 0.25) is 0 Å². The highest BCUT2D eigenvalue weighted by Crippen LogP contribution is 1.94. The van der Waals surface area contributed by atoms with Crippen molar-refractivity contribution in [2.24, 2.45) is 5.40 Å². The molecule has 54 valence electrons. The van der Waals surface area contributed by atoms with Gasteiger partial charge in [0.05, 0.1) is 0 Å². The summed E-state index contributed by atoms with van der Waals surface area (Å²) in [5.41, 5.74) is 1.43. The average molecular weight is 151 g/mol. The van der Waals surface area contributed by atoms with Crippen LogP contribution in [0.5, 0.6) is 0 Å². The van der Waals surface area contributed by atoms with E-state index in [1.807, 2.05) is 0 Å². The first-order valence-corrected chi connectivity index (χ1v) is 5.17. The molecule has 1 nitrogen and oxygen atoms in total. The molecule has 0 unspecified atom stereocenters. The molecule has 0 bridgehead atoms. The summed E-state index contributed by atoms with van der Waals surface area (Å²) in [7, 11) is -0.449. The van der Waals surface area contributed by atoms with Gasteiger partial charge in [0.2, 0.25) is 0 Å². The maximum atomic E-state index is 5.67. The molecule has 10 heavy (non-hydrogen) atoms. The third-order valence-electron chi connectivity index (χ3n) is 1.72. The molecule has 1 rings (SSSR count). The third-order valence-corrected chi connectivity index (χ3v) is 2.85. The fourth-order valence-electron chi connectivity index (χ4n) is 1.10. The lowest BCUT2D eigenvalue weighted by molar-refractivity contribution is 1.15. The zero-order valence-electron chi connectivity index (χ0n) is 6.30. The van der Waals surface area contributed by atoms with Gasteiger partial charge >= 0.3 is 0 Å². The van der Waals surface area contributed by atoms with E-state index in [-0.39, 0.29) is 0 Å². The second-order valence-electron chi connectivity index (χ2n) is 2.33. The van der Waals surface area contributed by atoms with Crippen LogP contribution >= 0.6 is 0 Å². The van der Waals surface area contributed by atoms with E-state index in [0.29, 0.717) is 0 Å². The molecule has 1 aromatic rings. The summed E-state index contributed by atoms with van der Waals surface area (Å²) in [5, 5.41) is 7.07. The van der Waals surface area contributed by atoms with Gasteiger partial charge < -0.3 is 5.40 Å². The van der Waals surface area contributed by atoms with Crippen molar-refractivity contribution in [1.29, 1.82) is 0 Å². The lowest BCUT2D eigenvalue weighted by atomic mass is 10.2. The Balaban J connectivity index is 2.96. The number of benzene rings is 1. The van der Waals surface area contributed by atoms with Crippen LogP contribution in [0.4, 0.5) is 0 Å². The summed E-state index contributed by atoms with van der Waals surface area (Å²) < 4.78 is 0. The summed E-state index contributed by atoms with van der Waals surface area (Å²) in [4.78, 5) is 0. The summed E-state index contributed by atoms with van der Waals surface area (Å²) in [6, 6.07) is 8.45. The van der Waals surface area contributed by atoms with Gasteiger partial charge in [0.1, 0.15) is 9.68 Å². The number of rotatable bonds is 2. The van der Waals surface area contributed by atoms with E-state index in [1.54, 1.807) is 0 Å². The second-order valence-corrected chi connectivity index (χ2v) is 3.50. The Morgan fingerprint density at radius 3 is 2.60 bits per heavy atom. The van der Waals surface area contributed by atoms with Crippen LogP contribution < -0.4 is 10.6 Å². The van der Waals surface area contributed by atoms with E-state index in [9.17, 15) is 0 Å². The maximum Gasteiger partial charge on any atom is 0.122 e. The Morgan fingerprint density at radius 1 is 1.40 bits per heavy atom. The molecule has 1 aromatic carbocycles. The molecule has 0 atom stereocenters. The number of nitrogens with two attached hydrogens (primary N) is 1. The van der Waals surface area contributed by atoms with Gasteiger partial charge in [-0.05, 0) is 17.2 Å². The topological polar surface area (TPSA) is 26.0 Å². The molecule has 0 amide bonds. The van der Waals surface area contributed by atoms with Crippen LogP contribution in [0.3, 0.4) is 0 Å². The zero-order valence-corrected chi connectivity index (χ0v) is 7.72. The molecule has 0 spiro atoms. The fraction of sp³-hybridized carbons (Fsp3) is 0.250. The smallest absolute Gasteiger partial charge is 0.122 e. The molecular weight excluding hydrogens is 138 g/mol. The SMILES string of the molecule is CCc1ccccc1[SiH2]N. The van der Waals surface area contributed by atoms with Crippen LogP contribution in [0, 0.1) is 0 Å². The van der Waals surface area contributed by atoms with Crippen molar-refractivity contribution in [3.8, 4) is 0 Å². The highest BCUT2D eigenvalue weighted by Gasteiger charge is 1.94. The van der Waals surface area contributed by atoms with Gasteiger partial charge in [-0.3, -0.25) is 0 Å². The predicted molar refractivity (Wildman–Crippen MR) is 48.2 cm³/mol. The third kappa shape index (κ3) is 1.46. The quantitative estimate of drug-likeness (QED) is 0.588. The number of aryl methyl sites for hydroxylation is 1. The van der Waals surface area contributed by atoms with E-state index in [2.05, 4.69) is 31.2 Å². The van der Waals surface area contributed by atoms with Crippen molar-refractivity contribution in [3.05, 3.63) is 29.8 Å². The summed E-state index contributed by atoms with van der Waals surface area (Å²) >= 11 is 0. The van der Waals surface area contributed by atoms with Gasteiger partial charge in [-0.25, -0.2) is 0 Å². The van der Waals surface area contributed by atoms with Crippen LogP contribution in [0.1, 0.15) is 12.5 Å². The minimum Gasteiger partial charge on any atom is -0.352 e. The average Bonchev–Trinajstić information content (AvgIpc) is 2.04. The fourth-order valence-corrected chi connectivity index (χ4v) is 2.00. The Labute approximate surface area is 64.2 Å². The first kappa shape index (κ1) is 7.50. The van der Waals surface area contributed by atoms with E-state index < -0.39 is 9.68 Å². The van der Waals surface area contributed by atoms with E-state index in [1.165, 1.54) is 10.8 Å². The summed E-state index contributed by atoms with van der Waals surface area (Å²) in [6.45, 7) is 2.17. The number of hydrogen-bond acceptors (Lipinski definition) is 1. The lowest BCUT2D eigenvalue weighted by Gasteiger charge is -2.01. The minimum absolute atomic E-state index is 0.449. The molecule has 2 N–H and O–H groups in total. The van der Waals surface area contributed by atoms with Crippen molar-refractivity contribution < 1.29 is 0 Å². The first-order chi connectivity index (χ1) is 4.88. The zero-order chi connectivity index (χ0) is 7.40. The van der Waals surface area contributed by atoms with Gasteiger partial charge in [-0.2, -0.15) is 0 Å². The molecule has 0 radical (unpaired) electrons. The van der Waals surface area contributed by atoms with Gasteiger partial charge in [-0.1, -0.05) is 31.2 Å². The molecule has 0 saturated heterocycles. The molecule has 0 aromatic heterocycles. The van der Waals surface area contributed by atoms with Gasteiger partial charge in [0, 0.05) is 0 Å². The Morgan fingerprint density at radius 2 is 2.10 bits per heavy atom. The standard InChI is InChI=1S/C8H13NSi/c1-2-7-5-3-4-6-8(7)10-9/h3-6H,2,9-10H2,1H3. The highest BCUT2D eigenvalue weighted by molar-refractivity contribution is 6.50. The van der Waals surface area contributed by atoms with E-state index in [4.69, 9.17) is 5.40 Å². The van der Waals surface area contributed by atoms with Crippen molar-refractivity contribution in [2.45, 2.75) is 13.3 Å². The molecular formula is C8H13NSi. The maximum absolute atomic E-state index is 5.67. The molecule has 2 heteroatoms. The molecule has 0 fully saturated rings. The van der Waals surface area contributed by atoms with Gasteiger partial charge in [-0.15, -0.1) is 0 Å². The molecule has 0 heterocycles. The molecule has 0 saturated carbocycles. The van der Waals surface area contributed by atoms with Crippen LogP contribution in [0.25, 0.3) is 0 Å². The molecule has 0 aliphatic heterocycles. The summed E-state index contributed by atoms with van der Waals surface area (Å²) in [5.74, 6) is 0. The molecule has 0 aliphatic rings. The Hall–Kier alpha value is -0.603. The second kappa shape index (κ2) is 3.54. The van der Waals surface area contributed by atoms with Crippen molar-refractivity contribution in [1.82, 2.24) is 0 Å². The number of hydrogen-bond donors (Lipinski definition) is 1. The van der Waals surface area contributed by atoms with E-state index >= 15 is 0 Å². The van der Waals surface area contributed by atoms with Crippen molar-refractivity contribution in [2.75, 3.05) is 0 Å². The molecule has 0 aliphatic carbocycles. The Kier molecular flexibility index (Phi) is 2.65.